The Labute approximate surface area is 122 Å². The lowest BCUT2D eigenvalue weighted by molar-refractivity contribution is -0.174. The van der Waals surface area contributed by atoms with Crippen LogP contribution in [-0.2, 0) is 11.2 Å². The van der Waals surface area contributed by atoms with E-state index in [4.69, 9.17) is 0 Å². The van der Waals surface area contributed by atoms with Crippen LogP contribution in [0.25, 0.3) is 0 Å². The van der Waals surface area contributed by atoms with Crippen LogP contribution in [0.5, 0.6) is 0 Å². The van der Waals surface area contributed by atoms with Gasteiger partial charge >= 0.3 is 6.18 Å². The van der Waals surface area contributed by atoms with Gasteiger partial charge in [0.2, 0.25) is 5.91 Å². The van der Waals surface area contributed by atoms with E-state index in [9.17, 15) is 18.0 Å². The van der Waals surface area contributed by atoms with Crippen LogP contribution in [-0.4, -0.2) is 23.1 Å². The molecular formula is C15H19F3N2O. The number of alkyl halides is 3. The lowest BCUT2D eigenvalue weighted by atomic mass is 9.83. The summed E-state index contributed by atoms with van der Waals surface area (Å²) in [5.41, 5.74) is 0.659. The first kappa shape index (κ1) is 15.8. The van der Waals surface area contributed by atoms with Crippen LogP contribution in [0.3, 0.4) is 0 Å². The van der Waals surface area contributed by atoms with Crippen LogP contribution >= 0.6 is 0 Å². The van der Waals surface area contributed by atoms with Crippen LogP contribution in [0.2, 0.25) is 0 Å². The minimum absolute atomic E-state index is 0.0538. The Bertz CT molecular complexity index is 456. The number of nitrogens with zero attached hydrogens (tertiary/aromatic N) is 1. The van der Waals surface area contributed by atoms with Crippen molar-refractivity contribution >= 4 is 5.91 Å². The number of halogens is 3. The number of pyridine rings is 1. The molecule has 1 N–H and O–H groups in total. The van der Waals surface area contributed by atoms with Gasteiger partial charge in [-0.1, -0.05) is 19.3 Å². The van der Waals surface area contributed by atoms with Crippen molar-refractivity contribution in [3.8, 4) is 0 Å². The number of hydrogen-bond acceptors (Lipinski definition) is 2. The highest BCUT2D eigenvalue weighted by Gasteiger charge is 2.45. The summed E-state index contributed by atoms with van der Waals surface area (Å²) < 4.78 is 39.5. The predicted octanol–water partition coefficient (Wildman–Crippen LogP) is 3.25. The van der Waals surface area contributed by atoms with Gasteiger partial charge in [0.05, 0.1) is 6.42 Å². The molecule has 1 saturated carbocycles. The Balaban J connectivity index is 1.99. The molecule has 2 rings (SSSR count). The molecule has 0 bridgehead atoms. The van der Waals surface area contributed by atoms with Crippen LogP contribution in [0, 0.1) is 5.92 Å². The fraction of sp³-hybridized carbons (Fsp3) is 0.600. The molecule has 0 aromatic carbocycles. The SMILES string of the molecule is O=C(Cc1ccncc1)N[C@@H](C1CCCCC1)C(F)(F)F. The summed E-state index contributed by atoms with van der Waals surface area (Å²) in [5.74, 6) is -1.09. The lowest BCUT2D eigenvalue weighted by Crippen LogP contribution is -2.51. The van der Waals surface area contributed by atoms with Gasteiger partial charge < -0.3 is 5.32 Å². The Morgan fingerprint density at radius 1 is 1.24 bits per heavy atom. The van der Waals surface area contributed by atoms with Crippen molar-refractivity contribution in [1.82, 2.24) is 10.3 Å². The zero-order chi connectivity index (χ0) is 15.3. The Kier molecular flexibility index (Phi) is 5.20. The topological polar surface area (TPSA) is 42.0 Å². The summed E-state index contributed by atoms with van der Waals surface area (Å²) >= 11 is 0. The number of nitrogens with one attached hydrogen (secondary N) is 1. The van der Waals surface area contributed by atoms with E-state index in [1.54, 1.807) is 12.1 Å². The maximum absolute atomic E-state index is 13.2. The molecule has 1 amide bonds. The van der Waals surface area contributed by atoms with Gasteiger partial charge in [-0.3, -0.25) is 9.78 Å². The molecule has 0 saturated heterocycles. The zero-order valence-corrected chi connectivity index (χ0v) is 11.7. The Morgan fingerprint density at radius 2 is 1.86 bits per heavy atom. The van der Waals surface area contributed by atoms with E-state index >= 15 is 0 Å². The average Bonchev–Trinajstić information content (AvgIpc) is 2.45. The van der Waals surface area contributed by atoms with Crippen LogP contribution < -0.4 is 5.32 Å². The smallest absolute Gasteiger partial charge is 0.344 e. The molecule has 1 fully saturated rings. The minimum Gasteiger partial charge on any atom is -0.344 e. The summed E-state index contributed by atoms with van der Waals surface area (Å²) in [6.45, 7) is 0. The maximum atomic E-state index is 13.2. The highest BCUT2D eigenvalue weighted by Crippen LogP contribution is 2.34. The van der Waals surface area contributed by atoms with E-state index < -0.39 is 24.0 Å². The van der Waals surface area contributed by atoms with E-state index in [-0.39, 0.29) is 6.42 Å². The third-order valence-corrected chi connectivity index (χ3v) is 3.90. The molecule has 6 heteroatoms. The molecule has 1 heterocycles. The number of aromatic nitrogens is 1. The molecule has 0 aliphatic heterocycles. The molecule has 1 atom stereocenters. The first-order valence-corrected chi connectivity index (χ1v) is 7.22. The molecule has 1 aliphatic carbocycles. The molecule has 1 aromatic rings. The number of rotatable bonds is 4. The molecule has 116 valence electrons. The van der Waals surface area contributed by atoms with Gasteiger partial charge in [-0.15, -0.1) is 0 Å². The minimum atomic E-state index is -4.39. The fourth-order valence-electron chi connectivity index (χ4n) is 2.84. The first-order valence-electron chi connectivity index (χ1n) is 7.22. The van der Waals surface area contributed by atoms with Crippen molar-refractivity contribution in [2.45, 2.75) is 50.7 Å². The quantitative estimate of drug-likeness (QED) is 0.927. The van der Waals surface area contributed by atoms with Crippen LogP contribution in [0.1, 0.15) is 37.7 Å². The van der Waals surface area contributed by atoms with Crippen molar-refractivity contribution in [2.75, 3.05) is 0 Å². The number of carbonyl (C=O) groups excluding carboxylic acids is 1. The monoisotopic (exact) mass is 300 g/mol. The second-order valence-corrected chi connectivity index (χ2v) is 5.52. The number of amides is 1. The van der Waals surface area contributed by atoms with E-state index in [1.165, 1.54) is 12.4 Å². The molecular weight excluding hydrogens is 281 g/mol. The van der Waals surface area contributed by atoms with Gasteiger partial charge in [0, 0.05) is 12.4 Å². The summed E-state index contributed by atoms with van der Waals surface area (Å²) in [7, 11) is 0. The van der Waals surface area contributed by atoms with Gasteiger partial charge in [-0.25, -0.2) is 0 Å². The second kappa shape index (κ2) is 6.91. The highest BCUT2D eigenvalue weighted by molar-refractivity contribution is 5.78. The van der Waals surface area contributed by atoms with Crippen molar-refractivity contribution < 1.29 is 18.0 Å². The molecule has 1 aliphatic rings. The van der Waals surface area contributed by atoms with Gasteiger partial charge in [0.15, 0.2) is 0 Å². The first-order chi connectivity index (χ1) is 9.97. The molecule has 0 unspecified atom stereocenters. The highest BCUT2D eigenvalue weighted by atomic mass is 19.4. The summed E-state index contributed by atoms with van der Waals surface area (Å²) in [5, 5.41) is 2.19. The standard InChI is InChI=1S/C15H19F3N2O/c16-15(17,18)14(12-4-2-1-3-5-12)20-13(21)10-11-6-8-19-9-7-11/h6-9,12,14H,1-5,10H2,(H,20,21)/t14-/m0/s1. The zero-order valence-electron chi connectivity index (χ0n) is 11.7. The van der Waals surface area contributed by atoms with Crippen molar-refractivity contribution in [3.63, 3.8) is 0 Å². The van der Waals surface area contributed by atoms with Crippen LogP contribution in [0.4, 0.5) is 13.2 Å². The predicted molar refractivity (Wildman–Crippen MR) is 72.5 cm³/mol. The fourth-order valence-corrected chi connectivity index (χ4v) is 2.84. The normalized spacial score (nSPS) is 18.2. The van der Waals surface area contributed by atoms with E-state index in [1.807, 2.05) is 0 Å². The number of hydrogen-bond donors (Lipinski definition) is 1. The Morgan fingerprint density at radius 3 is 2.43 bits per heavy atom. The van der Waals surface area contributed by atoms with E-state index in [0.29, 0.717) is 18.4 Å². The summed E-state index contributed by atoms with van der Waals surface area (Å²) in [6.07, 6.45) is 2.23. The van der Waals surface area contributed by atoms with Gasteiger partial charge in [0.25, 0.3) is 0 Å². The second-order valence-electron chi connectivity index (χ2n) is 5.52. The van der Waals surface area contributed by atoms with Crippen molar-refractivity contribution in [1.29, 1.82) is 0 Å². The van der Waals surface area contributed by atoms with Gasteiger partial charge in [0.1, 0.15) is 6.04 Å². The van der Waals surface area contributed by atoms with E-state index in [2.05, 4.69) is 10.3 Å². The molecule has 1 aromatic heterocycles. The van der Waals surface area contributed by atoms with Crippen molar-refractivity contribution in [2.24, 2.45) is 5.92 Å². The average molecular weight is 300 g/mol. The van der Waals surface area contributed by atoms with Crippen LogP contribution in [0.15, 0.2) is 24.5 Å². The molecule has 0 radical (unpaired) electrons. The van der Waals surface area contributed by atoms with E-state index in [0.717, 1.165) is 19.3 Å². The summed E-state index contributed by atoms with van der Waals surface area (Å²) in [6, 6.07) is 1.53. The molecule has 3 nitrogen and oxygen atoms in total. The number of carbonyl (C=O) groups is 1. The third-order valence-electron chi connectivity index (χ3n) is 3.90. The van der Waals surface area contributed by atoms with Crippen molar-refractivity contribution in [3.05, 3.63) is 30.1 Å². The largest absolute Gasteiger partial charge is 0.408 e. The van der Waals surface area contributed by atoms with Gasteiger partial charge in [-0.05, 0) is 36.5 Å². The lowest BCUT2D eigenvalue weighted by Gasteiger charge is -2.32. The Hall–Kier alpha value is -1.59. The maximum Gasteiger partial charge on any atom is 0.408 e. The molecule has 0 spiro atoms. The van der Waals surface area contributed by atoms with Gasteiger partial charge in [-0.2, -0.15) is 13.2 Å². The summed E-state index contributed by atoms with van der Waals surface area (Å²) in [4.78, 5) is 15.7. The third kappa shape index (κ3) is 4.72. The molecule has 21 heavy (non-hydrogen) atoms.